The predicted octanol–water partition coefficient (Wildman–Crippen LogP) is 13.0. The predicted molar refractivity (Wildman–Crippen MR) is 260 cm³/mol. The van der Waals surface area contributed by atoms with Crippen LogP contribution in [0.2, 0.25) is 0 Å². The van der Waals surface area contributed by atoms with Crippen LogP contribution in [-0.4, -0.2) is 43.3 Å². The number of thiophene rings is 2. The number of aliphatic carboxylic acids is 2. The highest BCUT2D eigenvalue weighted by Gasteiger charge is 2.41. The normalized spacial score (nSPS) is 13.8. The van der Waals surface area contributed by atoms with Crippen molar-refractivity contribution in [1.82, 2.24) is 4.90 Å². The summed E-state index contributed by atoms with van der Waals surface area (Å²) in [7, 11) is 0. The van der Waals surface area contributed by atoms with Gasteiger partial charge in [0.05, 0.1) is 17.0 Å². The van der Waals surface area contributed by atoms with E-state index in [-0.39, 0.29) is 9.23 Å². The van der Waals surface area contributed by atoms with E-state index >= 15 is 0 Å². The molecule has 3 heterocycles. The molecule has 1 unspecified atom stereocenters. The van der Waals surface area contributed by atoms with Crippen LogP contribution in [0.15, 0.2) is 169 Å². The Morgan fingerprint density at radius 2 is 1.27 bits per heavy atom. The summed E-state index contributed by atoms with van der Waals surface area (Å²) in [4.78, 5) is 41.8. The van der Waals surface area contributed by atoms with Crippen LogP contribution in [0.25, 0.3) is 48.0 Å². The van der Waals surface area contributed by atoms with Gasteiger partial charge < -0.3 is 15.1 Å². The molecule has 2 aromatic heterocycles. The topological polar surface area (TPSA) is 98.2 Å². The number of hydrogen-bond donors (Lipinski definition) is 2. The number of carbonyl (C=O) groups is 3. The number of carbonyl (C=O) groups excluding carboxylic acids is 1. The number of fused-ring (bicyclic) bond motifs is 3. The van der Waals surface area contributed by atoms with Crippen molar-refractivity contribution in [3.63, 3.8) is 0 Å². The van der Waals surface area contributed by atoms with E-state index in [1.165, 1.54) is 16.9 Å². The van der Waals surface area contributed by atoms with Crippen LogP contribution in [0, 0.1) is 6.92 Å². The fraction of sp³-hybridized carbons (Fsp3) is 0.0588. The van der Waals surface area contributed by atoms with Gasteiger partial charge >= 0.3 is 11.9 Å². The summed E-state index contributed by atoms with van der Waals surface area (Å²) >= 11 is 9.54. The molecule has 1 saturated heterocycles. The SMILES string of the molecule is Cc1ccc(N(C(=C(c2ccccc2)c2ccccc2)c2ccccc2)c2ccc3c(c2)sc2cc(-c4ccc(/C=C5\SC(=S)N(C(CC(=O)O)C(=O)O)C5=O)s4)ccc23)cc1. The van der Waals surface area contributed by atoms with Gasteiger partial charge in [0.25, 0.3) is 5.91 Å². The molecule has 1 fully saturated rings. The van der Waals surface area contributed by atoms with Crippen LogP contribution < -0.4 is 4.90 Å². The smallest absolute Gasteiger partial charge is 0.327 e. The van der Waals surface area contributed by atoms with Crippen molar-refractivity contribution in [1.29, 1.82) is 0 Å². The molecule has 8 aromatic rings. The van der Waals surface area contributed by atoms with Crippen molar-refractivity contribution in [2.75, 3.05) is 4.90 Å². The minimum Gasteiger partial charge on any atom is -0.481 e. The second-order valence-electron chi connectivity index (χ2n) is 14.7. The number of thioether (sulfide) groups is 1. The number of amides is 1. The summed E-state index contributed by atoms with van der Waals surface area (Å²) in [6.45, 7) is 2.11. The summed E-state index contributed by atoms with van der Waals surface area (Å²) < 4.78 is 2.31. The maximum Gasteiger partial charge on any atom is 0.327 e. The van der Waals surface area contributed by atoms with E-state index in [0.717, 1.165) is 91.5 Å². The van der Waals surface area contributed by atoms with Crippen LogP contribution in [-0.2, 0) is 14.4 Å². The number of thiocarbonyl (C=S) groups is 1. The number of nitrogens with zero attached hydrogens (tertiary/aromatic N) is 2. The summed E-state index contributed by atoms with van der Waals surface area (Å²) in [6.07, 6.45) is 0.936. The fourth-order valence-corrected chi connectivity index (χ4v) is 11.3. The van der Waals surface area contributed by atoms with Gasteiger partial charge in [0.1, 0.15) is 10.4 Å². The Kier molecular flexibility index (Phi) is 11.4. The van der Waals surface area contributed by atoms with Gasteiger partial charge in [0, 0.05) is 46.9 Å². The molecular formula is C51H36N2O5S4. The summed E-state index contributed by atoms with van der Waals surface area (Å²) in [5, 5.41) is 21.2. The molecule has 2 N–H and O–H groups in total. The summed E-state index contributed by atoms with van der Waals surface area (Å²) in [6, 6.07) is 56.0. The van der Waals surface area contributed by atoms with Gasteiger partial charge in [-0.2, -0.15) is 0 Å². The number of rotatable bonds is 12. The van der Waals surface area contributed by atoms with Gasteiger partial charge in [0.15, 0.2) is 0 Å². The number of benzene rings is 6. The first-order valence-electron chi connectivity index (χ1n) is 19.7. The minimum absolute atomic E-state index is 0.0205. The Morgan fingerprint density at radius 3 is 1.89 bits per heavy atom. The number of anilines is 2. The Labute approximate surface area is 375 Å². The molecule has 7 nitrogen and oxygen atoms in total. The first-order chi connectivity index (χ1) is 30.1. The lowest BCUT2D eigenvalue weighted by Gasteiger charge is -2.31. The van der Waals surface area contributed by atoms with Crippen LogP contribution in [0.4, 0.5) is 11.4 Å². The maximum absolute atomic E-state index is 13.3. The standard InChI is InChI=1S/C51H36N2O5S4/c1-31-17-20-36(21-18-31)52(48(34-15-9-4-10-16-34)47(32-11-5-2-6-12-32)33-13-7-3-8-14-33)37-22-25-40-39-24-19-35(27-43(39)61-44(40)28-37)42-26-23-38(60-42)29-45-49(56)53(51(59)62-45)41(50(57)58)30-46(54)55/h2-29,41H,30H2,1H3,(H,54,55)(H,57,58)/b45-29-. The molecule has 304 valence electrons. The van der Waals surface area contributed by atoms with Crippen molar-refractivity contribution >= 4 is 118 Å². The van der Waals surface area contributed by atoms with E-state index in [1.54, 1.807) is 17.4 Å². The van der Waals surface area contributed by atoms with Gasteiger partial charge in [-0.05, 0) is 77.7 Å². The highest BCUT2D eigenvalue weighted by molar-refractivity contribution is 8.26. The van der Waals surface area contributed by atoms with Crippen molar-refractivity contribution in [2.45, 2.75) is 19.4 Å². The minimum atomic E-state index is -1.58. The molecule has 11 heteroatoms. The van der Waals surface area contributed by atoms with E-state index < -0.39 is 30.3 Å². The quantitative estimate of drug-likeness (QED) is 0.0711. The Hall–Kier alpha value is -6.63. The summed E-state index contributed by atoms with van der Waals surface area (Å²) in [5.41, 5.74) is 9.76. The number of carboxylic acid groups (broad SMARTS) is 2. The fourth-order valence-electron chi connectivity index (χ4n) is 7.71. The molecule has 9 rings (SSSR count). The van der Waals surface area contributed by atoms with E-state index in [0.29, 0.717) is 0 Å². The Bertz CT molecular complexity index is 3040. The van der Waals surface area contributed by atoms with E-state index in [4.69, 9.17) is 12.2 Å². The molecule has 0 spiro atoms. The maximum atomic E-state index is 13.3. The first kappa shape index (κ1) is 40.8. The number of hydrogen-bond acceptors (Lipinski definition) is 8. The number of carboxylic acids is 2. The summed E-state index contributed by atoms with van der Waals surface area (Å²) in [5.74, 6) is -3.36. The largest absolute Gasteiger partial charge is 0.481 e. The molecule has 0 saturated carbocycles. The lowest BCUT2D eigenvalue weighted by molar-refractivity contribution is -0.150. The second-order valence-corrected chi connectivity index (χ2v) is 18.6. The monoisotopic (exact) mass is 884 g/mol. The highest BCUT2D eigenvalue weighted by Crippen LogP contribution is 2.45. The Balaban J connectivity index is 1.12. The van der Waals surface area contributed by atoms with Crippen molar-refractivity contribution in [3.05, 3.63) is 196 Å². The van der Waals surface area contributed by atoms with E-state index in [9.17, 15) is 24.6 Å². The van der Waals surface area contributed by atoms with E-state index in [1.807, 2.05) is 12.1 Å². The van der Waals surface area contributed by atoms with Gasteiger partial charge in [-0.15, -0.1) is 22.7 Å². The van der Waals surface area contributed by atoms with Crippen LogP contribution in [0.3, 0.4) is 0 Å². The molecule has 6 aromatic carbocycles. The second kappa shape index (κ2) is 17.4. The first-order valence-corrected chi connectivity index (χ1v) is 22.5. The molecule has 1 aliphatic heterocycles. The van der Waals surface area contributed by atoms with Crippen molar-refractivity contribution in [2.24, 2.45) is 0 Å². The molecule has 1 amide bonds. The van der Waals surface area contributed by atoms with Gasteiger partial charge in [0.2, 0.25) is 0 Å². The van der Waals surface area contributed by atoms with Gasteiger partial charge in [-0.1, -0.05) is 151 Å². The van der Waals surface area contributed by atoms with Crippen molar-refractivity contribution < 1.29 is 24.6 Å². The van der Waals surface area contributed by atoms with Crippen molar-refractivity contribution in [3.8, 4) is 10.4 Å². The molecule has 1 atom stereocenters. The Morgan fingerprint density at radius 1 is 0.694 bits per heavy atom. The molecule has 62 heavy (non-hydrogen) atoms. The third-order valence-electron chi connectivity index (χ3n) is 10.6. The average Bonchev–Trinajstić information content (AvgIpc) is 3.98. The van der Waals surface area contributed by atoms with Crippen LogP contribution in [0.1, 0.15) is 33.6 Å². The molecular weight excluding hydrogens is 849 g/mol. The van der Waals surface area contributed by atoms with Crippen LogP contribution in [0.5, 0.6) is 0 Å². The van der Waals surface area contributed by atoms with Gasteiger partial charge in [-0.3, -0.25) is 14.5 Å². The third-order valence-corrected chi connectivity index (χ3v) is 14.1. The molecule has 1 aliphatic rings. The average molecular weight is 885 g/mol. The molecule has 0 radical (unpaired) electrons. The zero-order valence-electron chi connectivity index (χ0n) is 33.1. The lowest BCUT2D eigenvalue weighted by Crippen LogP contribution is -2.45. The zero-order chi connectivity index (χ0) is 42.9. The van der Waals surface area contributed by atoms with E-state index in [2.05, 4.69) is 163 Å². The lowest BCUT2D eigenvalue weighted by atomic mass is 9.91. The third kappa shape index (κ3) is 8.11. The van der Waals surface area contributed by atoms with Gasteiger partial charge in [-0.25, -0.2) is 4.79 Å². The molecule has 0 aliphatic carbocycles. The zero-order valence-corrected chi connectivity index (χ0v) is 36.4. The number of aryl methyl sites for hydroxylation is 1. The van der Waals surface area contributed by atoms with Crippen LogP contribution >= 0.6 is 46.7 Å². The molecule has 0 bridgehead atoms. The highest BCUT2D eigenvalue weighted by atomic mass is 32.2.